The Morgan fingerprint density at radius 1 is 1.14 bits per heavy atom. The van der Waals surface area contributed by atoms with E-state index >= 15 is 0 Å². The molecule has 106 valence electrons. The van der Waals surface area contributed by atoms with Crippen molar-refractivity contribution in [1.82, 2.24) is 24.8 Å². The Morgan fingerprint density at radius 2 is 1.95 bits per heavy atom. The van der Waals surface area contributed by atoms with Gasteiger partial charge in [0, 0.05) is 16.3 Å². The average Bonchev–Trinajstić information content (AvgIpc) is 3.09. The number of fused-ring (bicyclic) bond motifs is 2. The van der Waals surface area contributed by atoms with Crippen molar-refractivity contribution in [1.29, 1.82) is 0 Å². The molecule has 0 radical (unpaired) electrons. The molecule has 3 aromatic heterocycles. The first-order valence-corrected chi connectivity index (χ1v) is 7.65. The van der Waals surface area contributed by atoms with Crippen LogP contribution in [0.4, 0.5) is 0 Å². The van der Waals surface area contributed by atoms with Crippen LogP contribution in [0.1, 0.15) is 26.6 Å². The Balaban J connectivity index is 1.89. The van der Waals surface area contributed by atoms with E-state index in [9.17, 15) is 0 Å². The van der Waals surface area contributed by atoms with Gasteiger partial charge >= 0.3 is 0 Å². The summed E-state index contributed by atoms with van der Waals surface area (Å²) in [7, 11) is 0. The van der Waals surface area contributed by atoms with Crippen LogP contribution < -0.4 is 0 Å². The molecule has 0 bridgehead atoms. The first-order valence-electron chi connectivity index (χ1n) is 6.83. The molecule has 0 amide bonds. The number of aromatic amines is 1. The maximum absolute atomic E-state index is 4.68. The molecule has 1 aromatic carbocycles. The van der Waals surface area contributed by atoms with Gasteiger partial charge in [0.2, 0.25) is 4.96 Å². The monoisotopic (exact) mass is 297 g/mol. The molecular weight excluding hydrogens is 282 g/mol. The number of nitrogens with zero attached hydrogens (tertiary/aromatic N) is 4. The predicted octanol–water partition coefficient (Wildman–Crippen LogP) is 3.63. The summed E-state index contributed by atoms with van der Waals surface area (Å²) in [6.45, 7) is 6.35. The Labute approximate surface area is 125 Å². The molecule has 0 aliphatic heterocycles. The van der Waals surface area contributed by atoms with Crippen molar-refractivity contribution in [3.63, 3.8) is 0 Å². The van der Waals surface area contributed by atoms with E-state index in [0.29, 0.717) is 0 Å². The maximum Gasteiger partial charge on any atom is 0.235 e. The standard InChI is InChI=1S/C15H15N5S/c1-15(2,3)13-17-18-14-20(13)19-12(21-14)11-8-9-6-4-5-7-10(9)16-11/h4-8,16H,1-3H3. The second-order valence-electron chi connectivity index (χ2n) is 6.15. The highest BCUT2D eigenvalue weighted by Gasteiger charge is 2.23. The molecule has 0 saturated heterocycles. The fourth-order valence-electron chi connectivity index (χ4n) is 2.38. The minimum atomic E-state index is -0.0782. The molecule has 4 aromatic rings. The lowest BCUT2D eigenvalue weighted by molar-refractivity contribution is 0.528. The van der Waals surface area contributed by atoms with E-state index in [2.05, 4.69) is 59.3 Å². The second-order valence-corrected chi connectivity index (χ2v) is 7.10. The average molecular weight is 297 g/mol. The van der Waals surface area contributed by atoms with E-state index in [1.807, 2.05) is 16.6 Å². The topological polar surface area (TPSA) is 58.9 Å². The Bertz CT molecular complexity index is 905. The summed E-state index contributed by atoms with van der Waals surface area (Å²) in [4.78, 5) is 4.23. The van der Waals surface area contributed by atoms with Crippen LogP contribution in [0.3, 0.4) is 0 Å². The van der Waals surface area contributed by atoms with Crippen LogP contribution in [0, 0.1) is 0 Å². The molecule has 0 aliphatic rings. The molecular formula is C15H15N5S. The van der Waals surface area contributed by atoms with Crippen LogP contribution in [-0.4, -0.2) is 24.8 Å². The van der Waals surface area contributed by atoms with E-state index in [1.165, 1.54) is 5.39 Å². The SMILES string of the molecule is CC(C)(C)c1nnc2sc(-c3cc4ccccc4[nH]3)nn12. The minimum Gasteiger partial charge on any atom is -0.353 e. The van der Waals surface area contributed by atoms with Crippen molar-refractivity contribution in [3.8, 4) is 10.7 Å². The third-order valence-corrected chi connectivity index (χ3v) is 4.35. The van der Waals surface area contributed by atoms with Gasteiger partial charge in [-0.05, 0) is 12.1 Å². The fourth-order valence-corrected chi connectivity index (χ4v) is 3.19. The third kappa shape index (κ3) is 1.94. The molecule has 0 saturated carbocycles. The summed E-state index contributed by atoms with van der Waals surface area (Å²) in [6, 6.07) is 10.4. The van der Waals surface area contributed by atoms with Gasteiger partial charge < -0.3 is 4.98 Å². The van der Waals surface area contributed by atoms with E-state index in [-0.39, 0.29) is 5.41 Å². The summed E-state index contributed by atoms with van der Waals surface area (Å²) < 4.78 is 1.85. The fraction of sp³-hybridized carbons (Fsp3) is 0.267. The molecule has 1 N–H and O–H groups in total. The van der Waals surface area contributed by atoms with Crippen molar-refractivity contribution in [2.45, 2.75) is 26.2 Å². The zero-order chi connectivity index (χ0) is 14.6. The molecule has 0 fully saturated rings. The van der Waals surface area contributed by atoms with Gasteiger partial charge in [-0.2, -0.15) is 9.61 Å². The van der Waals surface area contributed by atoms with Crippen LogP contribution >= 0.6 is 11.3 Å². The van der Waals surface area contributed by atoms with Crippen molar-refractivity contribution in [2.24, 2.45) is 0 Å². The van der Waals surface area contributed by atoms with Gasteiger partial charge in [-0.3, -0.25) is 0 Å². The number of hydrogen-bond donors (Lipinski definition) is 1. The highest BCUT2D eigenvalue weighted by atomic mass is 32.1. The summed E-state index contributed by atoms with van der Waals surface area (Å²) in [5.74, 6) is 0.885. The van der Waals surface area contributed by atoms with Crippen molar-refractivity contribution in [2.75, 3.05) is 0 Å². The number of para-hydroxylation sites is 1. The molecule has 0 spiro atoms. The van der Waals surface area contributed by atoms with E-state index in [1.54, 1.807) is 11.3 Å². The molecule has 6 heteroatoms. The Morgan fingerprint density at radius 3 is 2.71 bits per heavy atom. The lowest BCUT2D eigenvalue weighted by Crippen LogP contribution is -2.16. The van der Waals surface area contributed by atoms with Gasteiger partial charge in [0.15, 0.2) is 10.8 Å². The first kappa shape index (κ1) is 12.5. The molecule has 4 rings (SSSR count). The number of hydrogen-bond acceptors (Lipinski definition) is 4. The summed E-state index contributed by atoms with van der Waals surface area (Å²) in [6.07, 6.45) is 0. The number of benzene rings is 1. The summed E-state index contributed by atoms with van der Waals surface area (Å²) in [5.41, 5.74) is 2.06. The lowest BCUT2D eigenvalue weighted by Gasteiger charge is -2.13. The molecule has 0 aliphatic carbocycles. The van der Waals surface area contributed by atoms with Crippen molar-refractivity contribution in [3.05, 3.63) is 36.2 Å². The smallest absolute Gasteiger partial charge is 0.235 e. The molecule has 21 heavy (non-hydrogen) atoms. The van der Waals surface area contributed by atoms with E-state index in [0.717, 1.165) is 27.0 Å². The first-order chi connectivity index (χ1) is 10.0. The van der Waals surface area contributed by atoms with Gasteiger partial charge in [-0.25, -0.2) is 0 Å². The van der Waals surface area contributed by atoms with Crippen LogP contribution in [-0.2, 0) is 5.41 Å². The van der Waals surface area contributed by atoms with Crippen LogP contribution in [0.2, 0.25) is 0 Å². The van der Waals surface area contributed by atoms with Crippen LogP contribution in [0.5, 0.6) is 0 Å². The van der Waals surface area contributed by atoms with Crippen LogP contribution in [0.25, 0.3) is 26.6 Å². The molecule has 3 heterocycles. The largest absolute Gasteiger partial charge is 0.353 e. The summed E-state index contributed by atoms with van der Waals surface area (Å²) >= 11 is 1.55. The molecule has 5 nitrogen and oxygen atoms in total. The minimum absolute atomic E-state index is 0.0782. The molecule has 0 unspecified atom stereocenters. The Hall–Kier alpha value is -2.21. The lowest BCUT2D eigenvalue weighted by atomic mass is 9.96. The third-order valence-electron chi connectivity index (χ3n) is 3.42. The zero-order valence-corrected chi connectivity index (χ0v) is 12.9. The normalized spacial score (nSPS) is 12.5. The van der Waals surface area contributed by atoms with Gasteiger partial charge in [0.05, 0.1) is 5.69 Å². The van der Waals surface area contributed by atoms with Crippen LogP contribution in [0.15, 0.2) is 30.3 Å². The highest BCUT2D eigenvalue weighted by Crippen LogP contribution is 2.30. The Kier molecular flexibility index (Phi) is 2.47. The predicted molar refractivity (Wildman–Crippen MR) is 84.7 cm³/mol. The zero-order valence-electron chi connectivity index (χ0n) is 12.1. The summed E-state index contributed by atoms with van der Waals surface area (Å²) in [5, 5.41) is 15.3. The number of H-pyrrole nitrogens is 1. The van der Waals surface area contributed by atoms with Gasteiger partial charge in [-0.15, -0.1) is 10.2 Å². The number of nitrogens with one attached hydrogen (secondary N) is 1. The van der Waals surface area contributed by atoms with E-state index in [4.69, 9.17) is 0 Å². The quantitative estimate of drug-likeness (QED) is 0.583. The number of rotatable bonds is 1. The van der Waals surface area contributed by atoms with Crippen molar-refractivity contribution < 1.29 is 0 Å². The van der Waals surface area contributed by atoms with E-state index < -0.39 is 0 Å². The highest BCUT2D eigenvalue weighted by molar-refractivity contribution is 7.19. The van der Waals surface area contributed by atoms with Gasteiger partial charge in [0.25, 0.3) is 0 Å². The van der Waals surface area contributed by atoms with Gasteiger partial charge in [-0.1, -0.05) is 50.3 Å². The number of aromatic nitrogens is 5. The maximum atomic E-state index is 4.68. The molecule has 0 atom stereocenters. The second kappa shape index (κ2) is 4.14. The van der Waals surface area contributed by atoms with Crippen molar-refractivity contribution >= 4 is 27.2 Å². The van der Waals surface area contributed by atoms with Gasteiger partial charge in [0.1, 0.15) is 0 Å².